The highest BCUT2D eigenvalue weighted by molar-refractivity contribution is 8.19. The first-order chi connectivity index (χ1) is 16.9. The Kier molecular flexibility index (Phi) is 6.18. The molecule has 0 atom stereocenters. The zero-order valence-electron chi connectivity index (χ0n) is 20.0. The second-order valence-electron chi connectivity index (χ2n) is 8.69. The summed E-state index contributed by atoms with van der Waals surface area (Å²) in [6, 6.07) is 21.9. The third kappa shape index (κ3) is 4.36. The Morgan fingerprint density at radius 3 is 2.43 bits per heavy atom. The Bertz CT molecular complexity index is 1450. The van der Waals surface area contributed by atoms with Crippen molar-refractivity contribution in [2.45, 2.75) is 32.2 Å². The molecular formula is C28H24N4OS2. The molecule has 0 N–H and O–H groups in total. The van der Waals surface area contributed by atoms with Crippen LogP contribution >= 0.6 is 23.5 Å². The predicted molar refractivity (Wildman–Crippen MR) is 145 cm³/mol. The van der Waals surface area contributed by atoms with Gasteiger partial charge in [0.2, 0.25) is 0 Å². The number of thioether (sulfide) groups is 2. The summed E-state index contributed by atoms with van der Waals surface area (Å²) in [4.78, 5) is 24.4. The van der Waals surface area contributed by atoms with Gasteiger partial charge in [-0.3, -0.25) is 9.69 Å². The van der Waals surface area contributed by atoms with Crippen molar-refractivity contribution in [1.82, 2.24) is 4.90 Å². The molecule has 0 unspecified atom stereocenters. The third-order valence-corrected chi connectivity index (χ3v) is 8.66. The van der Waals surface area contributed by atoms with E-state index in [1.54, 1.807) is 28.8 Å². The molecule has 0 aromatic heterocycles. The largest absolute Gasteiger partial charge is 0.337 e. The number of rotatable bonds is 3. The Morgan fingerprint density at radius 2 is 1.69 bits per heavy atom. The summed E-state index contributed by atoms with van der Waals surface area (Å²) >= 11 is 3.04. The number of carbonyl (C=O) groups excluding carboxylic acids is 1. The number of benzene rings is 3. The standard InChI is InChI=1S/C28H24N4OS2/c1-17-10-11-21(15-29)14-22(17)30-28-32(16-20-8-6-5-7-9-20)26(33)25(35-28)27-31(4)23-12-18(2)19(3)13-24(23)34-27/h5-14H,16H2,1-4H3/b27-25-,30-28?. The number of carbonyl (C=O) groups is 1. The molecule has 1 saturated heterocycles. The Balaban J connectivity index is 1.59. The number of aliphatic imine (C=N–C) groups is 1. The zero-order chi connectivity index (χ0) is 24.7. The van der Waals surface area contributed by atoms with Gasteiger partial charge in [0, 0.05) is 11.9 Å². The topological polar surface area (TPSA) is 59.7 Å². The lowest BCUT2D eigenvalue weighted by atomic mass is 10.1. The SMILES string of the molecule is Cc1cc2c(cc1C)N(C)/C(=C1/SC(=Nc3cc(C#N)ccc3C)N(Cc3ccccc3)C1=O)S2. The normalized spacial score (nSPS) is 18.4. The lowest BCUT2D eigenvalue weighted by Crippen LogP contribution is -2.29. The predicted octanol–water partition coefficient (Wildman–Crippen LogP) is 6.66. The molecule has 3 aromatic rings. The molecule has 35 heavy (non-hydrogen) atoms. The number of amides is 1. The van der Waals surface area contributed by atoms with Gasteiger partial charge in [-0.2, -0.15) is 5.26 Å². The second kappa shape index (κ2) is 9.29. The van der Waals surface area contributed by atoms with E-state index in [9.17, 15) is 10.1 Å². The molecule has 0 radical (unpaired) electrons. The van der Waals surface area contributed by atoms with E-state index in [1.807, 2.05) is 50.4 Å². The molecule has 2 heterocycles. The zero-order valence-corrected chi connectivity index (χ0v) is 21.6. The molecule has 0 bridgehead atoms. The fourth-order valence-corrected chi connectivity index (χ4v) is 6.44. The average molecular weight is 497 g/mol. The van der Waals surface area contributed by atoms with Crippen LogP contribution in [0, 0.1) is 32.1 Å². The van der Waals surface area contributed by atoms with Crippen LogP contribution in [0.2, 0.25) is 0 Å². The number of fused-ring (bicyclic) bond motifs is 1. The summed E-state index contributed by atoms with van der Waals surface area (Å²) < 4.78 is 0. The van der Waals surface area contributed by atoms with E-state index in [-0.39, 0.29) is 5.91 Å². The molecule has 7 heteroatoms. The van der Waals surface area contributed by atoms with Gasteiger partial charge in [0.25, 0.3) is 5.91 Å². The summed E-state index contributed by atoms with van der Waals surface area (Å²) in [5.41, 5.74) is 6.82. The van der Waals surface area contributed by atoms with Gasteiger partial charge in [-0.15, -0.1) is 0 Å². The van der Waals surface area contributed by atoms with Crippen molar-refractivity contribution in [1.29, 1.82) is 5.26 Å². The van der Waals surface area contributed by atoms with E-state index in [1.165, 1.54) is 22.9 Å². The van der Waals surface area contributed by atoms with Crippen LogP contribution in [0.4, 0.5) is 11.4 Å². The number of hydrogen-bond acceptors (Lipinski definition) is 6. The van der Waals surface area contributed by atoms with Crippen molar-refractivity contribution in [2.24, 2.45) is 4.99 Å². The number of aryl methyl sites for hydroxylation is 3. The summed E-state index contributed by atoms with van der Waals surface area (Å²) in [7, 11) is 2.01. The van der Waals surface area contributed by atoms with Crippen molar-refractivity contribution in [3.63, 3.8) is 0 Å². The van der Waals surface area contributed by atoms with Crippen LogP contribution in [0.15, 0.2) is 80.5 Å². The maximum atomic E-state index is 13.8. The fraction of sp³-hybridized carbons (Fsp3) is 0.179. The summed E-state index contributed by atoms with van der Waals surface area (Å²) in [6.45, 7) is 6.61. The summed E-state index contributed by atoms with van der Waals surface area (Å²) in [6.07, 6.45) is 0. The van der Waals surface area contributed by atoms with Crippen molar-refractivity contribution in [3.05, 3.63) is 98.4 Å². The summed E-state index contributed by atoms with van der Waals surface area (Å²) in [5, 5.41) is 10.9. The molecule has 0 aliphatic carbocycles. The first-order valence-electron chi connectivity index (χ1n) is 11.3. The van der Waals surface area contributed by atoms with Crippen molar-refractivity contribution < 1.29 is 4.79 Å². The lowest BCUT2D eigenvalue weighted by Gasteiger charge is -2.17. The van der Waals surface area contributed by atoms with Gasteiger partial charge in [0.15, 0.2) is 5.17 Å². The molecule has 0 spiro atoms. The number of nitrogens with zero attached hydrogens (tertiary/aromatic N) is 4. The van der Waals surface area contributed by atoms with Crippen LogP contribution < -0.4 is 4.90 Å². The van der Waals surface area contributed by atoms with Gasteiger partial charge in [-0.05, 0) is 79.1 Å². The minimum Gasteiger partial charge on any atom is -0.337 e. The monoisotopic (exact) mass is 496 g/mol. The van der Waals surface area contributed by atoms with Gasteiger partial charge < -0.3 is 4.90 Å². The van der Waals surface area contributed by atoms with Crippen molar-refractivity contribution in [2.75, 3.05) is 11.9 Å². The molecular weight excluding hydrogens is 472 g/mol. The number of nitriles is 1. The molecule has 1 amide bonds. The van der Waals surface area contributed by atoms with Crippen molar-refractivity contribution in [3.8, 4) is 6.07 Å². The molecule has 174 valence electrons. The average Bonchev–Trinajstić information content (AvgIpc) is 3.32. The maximum Gasteiger partial charge on any atom is 0.269 e. The van der Waals surface area contributed by atoms with Gasteiger partial charge in [-0.25, -0.2) is 4.99 Å². The number of anilines is 1. The molecule has 1 fully saturated rings. The number of amidine groups is 1. The third-order valence-electron chi connectivity index (χ3n) is 6.24. The van der Waals surface area contributed by atoms with Gasteiger partial charge in [0.05, 0.1) is 34.6 Å². The highest BCUT2D eigenvalue weighted by Gasteiger charge is 2.39. The van der Waals surface area contributed by atoms with Crippen LogP contribution in [-0.2, 0) is 11.3 Å². The second-order valence-corrected chi connectivity index (χ2v) is 10.7. The molecule has 2 aliphatic rings. The smallest absolute Gasteiger partial charge is 0.269 e. The fourth-order valence-electron chi connectivity index (χ4n) is 4.02. The Morgan fingerprint density at radius 1 is 0.943 bits per heavy atom. The molecule has 3 aromatic carbocycles. The summed E-state index contributed by atoms with van der Waals surface area (Å²) in [5.74, 6) is -0.0534. The Hall–Kier alpha value is -3.47. The van der Waals surface area contributed by atoms with E-state index in [2.05, 4.69) is 36.9 Å². The molecule has 0 saturated carbocycles. The van der Waals surface area contributed by atoms with Crippen LogP contribution in [0.3, 0.4) is 0 Å². The van der Waals surface area contributed by atoms with Crippen LogP contribution in [-0.4, -0.2) is 23.0 Å². The van der Waals surface area contributed by atoms with Crippen LogP contribution in [0.1, 0.15) is 27.8 Å². The highest BCUT2D eigenvalue weighted by atomic mass is 32.2. The van der Waals surface area contributed by atoms with E-state index >= 15 is 0 Å². The quantitative estimate of drug-likeness (QED) is 0.380. The lowest BCUT2D eigenvalue weighted by molar-refractivity contribution is -0.122. The van der Waals surface area contributed by atoms with Gasteiger partial charge in [0.1, 0.15) is 4.91 Å². The highest BCUT2D eigenvalue weighted by Crippen LogP contribution is 2.51. The first-order valence-corrected chi connectivity index (χ1v) is 12.9. The Labute approximate surface area is 214 Å². The maximum absolute atomic E-state index is 13.8. The van der Waals surface area contributed by atoms with Gasteiger partial charge in [-0.1, -0.05) is 48.2 Å². The van der Waals surface area contributed by atoms with E-state index < -0.39 is 0 Å². The molecule has 2 aliphatic heterocycles. The number of hydrogen-bond donors (Lipinski definition) is 0. The molecule has 5 rings (SSSR count). The minimum atomic E-state index is -0.0534. The van der Waals surface area contributed by atoms with Crippen LogP contribution in [0.5, 0.6) is 0 Å². The molecule has 5 nitrogen and oxygen atoms in total. The van der Waals surface area contributed by atoms with Gasteiger partial charge >= 0.3 is 0 Å². The van der Waals surface area contributed by atoms with Crippen LogP contribution in [0.25, 0.3) is 0 Å². The van der Waals surface area contributed by atoms with Crippen molar-refractivity contribution >= 4 is 46.0 Å². The van der Waals surface area contributed by atoms with E-state index in [0.717, 1.165) is 26.7 Å². The van der Waals surface area contributed by atoms with E-state index in [0.29, 0.717) is 27.9 Å². The van der Waals surface area contributed by atoms with E-state index in [4.69, 9.17) is 4.99 Å². The first kappa shape index (κ1) is 23.3. The minimum absolute atomic E-state index is 0.0534.